The molecule has 2 aromatic heterocycles. The SMILES string of the molecule is CN1CCN(c2ccc3nc(-c4c(N)c5cc(F)c(N6CCCC6)cc5[nH]c4=O)[nH]c3c2)CC1. The van der Waals surface area contributed by atoms with E-state index in [2.05, 4.69) is 43.9 Å². The van der Waals surface area contributed by atoms with Gasteiger partial charge in [-0.1, -0.05) is 0 Å². The van der Waals surface area contributed by atoms with Gasteiger partial charge < -0.3 is 30.4 Å². The van der Waals surface area contributed by atoms with Gasteiger partial charge in [0.15, 0.2) is 0 Å². The molecule has 6 rings (SSSR count). The number of imidazole rings is 1. The number of nitrogens with one attached hydrogen (secondary N) is 2. The Morgan fingerprint density at radius 1 is 0.941 bits per heavy atom. The van der Waals surface area contributed by atoms with Gasteiger partial charge in [-0.25, -0.2) is 9.37 Å². The first kappa shape index (κ1) is 21.0. The van der Waals surface area contributed by atoms with Crippen LogP contribution in [0.15, 0.2) is 35.1 Å². The zero-order valence-electron chi connectivity index (χ0n) is 19.2. The molecule has 0 atom stereocenters. The Balaban J connectivity index is 1.41. The van der Waals surface area contributed by atoms with Gasteiger partial charge in [-0.15, -0.1) is 0 Å². The Bertz CT molecular complexity index is 1450. The summed E-state index contributed by atoms with van der Waals surface area (Å²) in [7, 11) is 2.13. The van der Waals surface area contributed by atoms with Crippen LogP contribution in [0.1, 0.15) is 12.8 Å². The molecule has 0 radical (unpaired) electrons. The highest BCUT2D eigenvalue weighted by atomic mass is 19.1. The summed E-state index contributed by atoms with van der Waals surface area (Å²) in [6.45, 7) is 5.60. The minimum atomic E-state index is -0.345. The normalized spacial score (nSPS) is 17.4. The van der Waals surface area contributed by atoms with Crippen LogP contribution >= 0.6 is 0 Å². The summed E-state index contributed by atoms with van der Waals surface area (Å²) in [5.41, 5.74) is 10.3. The van der Waals surface area contributed by atoms with Gasteiger partial charge in [-0.2, -0.15) is 0 Å². The van der Waals surface area contributed by atoms with Crippen LogP contribution in [0.25, 0.3) is 33.3 Å². The monoisotopic (exact) mass is 461 g/mol. The van der Waals surface area contributed by atoms with Crippen LogP contribution in [0.3, 0.4) is 0 Å². The predicted molar refractivity (Wildman–Crippen MR) is 135 cm³/mol. The molecule has 2 fully saturated rings. The fourth-order valence-corrected chi connectivity index (χ4v) is 5.14. The summed E-state index contributed by atoms with van der Waals surface area (Å²) in [6.07, 6.45) is 2.08. The Morgan fingerprint density at radius 3 is 2.47 bits per heavy atom. The van der Waals surface area contributed by atoms with Crippen molar-refractivity contribution >= 4 is 39.0 Å². The van der Waals surface area contributed by atoms with Crippen molar-refractivity contribution in [3.05, 3.63) is 46.5 Å². The zero-order valence-corrected chi connectivity index (χ0v) is 19.2. The third-order valence-electron chi connectivity index (χ3n) is 7.14. The standard InChI is InChI=1S/C25H28FN7O/c1-31-8-10-32(11-9-31)15-4-5-18-20(12-15)29-24(28-18)22-23(27)16-13-17(26)21(33-6-2-3-7-33)14-19(16)30-25(22)34/h4-5,12-14H,2-3,6-11H2,1H3,(H,28,29)(H3,27,30,34). The van der Waals surface area contributed by atoms with Crippen LogP contribution in [0.5, 0.6) is 0 Å². The number of fused-ring (bicyclic) bond motifs is 2. The Hall–Kier alpha value is -3.59. The van der Waals surface area contributed by atoms with E-state index in [1.807, 2.05) is 11.0 Å². The molecule has 0 amide bonds. The van der Waals surface area contributed by atoms with E-state index in [1.165, 1.54) is 6.07 Å². The average Bonchev–Trinajstić information content (AvgIpc) is 3.49. The molecule has 4 heterocycles. The number of H-pyrrole nitrogens is 2. The molecule has 0 bridgehead atoms. The lowest BCUT2D eigenvalue weighted by molar-refractivity contribution is 0.313. The second kappa shape index (κ2) is 8.02. The molecule has 2 aliphatic heterocycles. The van der Waals surface area contributed by atoms with Crippen molar-refractivity contribution in [1.82, 2.24) is 19.9 Å². The maximum atomic E-state index is 15.0. The molecule has 0 saturated carbocycles. The van der Waals surface area contributed by atoms with Gasteiger partial charge >= 0.3 is 0 Å². The molecule has 9 heteroatoms. The fraction of sp³-hybridized carbons (Fsp3) is 0.360. The molecule has 176 valence electrons. The van der Waals surface area contributed by atoms with Crippen molar-refractivity contribution in [2.75, 3.05) is 61.8 Å². The molecule has 2 saturated heterocycles. The highest BCUT2D eigenvalue weighted by molar-refractivity contribution is 5.99. The molecule has 8 nitrogen and oxygen atoms in total. The largest absolute Gasteiger partial charge is 0.397 e. The van der Waals surface area contributed by atoms with Crippen molar-refractivity contribution in [2.45, 2.75) is 12.8 Å². The molecule has 34 heavy (non-hydrogen) atoms. The molecule has 0 spiro atoms. The quantitative estimate of drug-likeness (QED) is 0.434. The van der Waals surface area contributed by atoms with E-state index < -0.39 is 0 Å². The highest BCUT2D eigenvalue weighted by Gasteiger charge is 2.21. The molecule has 0 aliphatic carbocycles. The third-order valence-corrected chi connectivity index (χ3v) is 7.14. The number of anilines is 3. The van der Waals surface area contributed by atoms with Crippen molar-refractivity contribution in [2.24, 2.45) is 0 Å². The summed E-state index contributed by atoms with van der Waals surface area (Å²) >= 11 is 0. The summed E-state index contributed by atoms with van der Waals surface area (Å²) in [5, 5.41) is 0.480. The number of aromatic nitrogens is 3. The molecule has 4 aromatic rings. The minimum Gasteiger partial charge on any atom is -0.397 e. The van der Waals surface area contributed by atoms with Gasteiger partial charge in [0.2, 0.25) is 0 Å². The number of halogens is 1. The second-order valence-corrected chi connectivity index (χ2v) is 9.36. The zero-order chi connectivity index (χ0) is 23.4. The first-order valence-electron chi connectivity index (χ1n) is 11.8. The van der Waals surface area contributed by atoms with Crippen LogP contribution in [0, 0.1) is 5.82 Å². The maximum Gasteiger partial charge on any atom is 0.261 e. The van der Waals surface area contributed by atoms with Gasteiger partial charge in [0.25, 0.3) is 5.56 Å². The van der Waals surface area contributed by atoms with E-state index in [-0.39, 0.29) is 22.6 Å². The molecule has 0 unspecified atom stereocenters. The lowest BCUT2D eigenvalue weighted by Crippen LogP contribution is -2.44. The second-order valence-electron chi connectivity index (χ2n) is 9.36. The summed E-state index contributed by atoms with van der Waals surface area (Å²) < 4.78 is 15.0. The van der Waals surface area contributed by atoms with Crippen molar-refractivity contribution in [3.8, 4) is 11.4 Å². The fourth-order valence-electron chi connectivity index (χ4n) is 5.14. The number of nitrogen functional groups attached to an aromatic ring is 1. The number of hydrogen-bond acceptors (Lipinski definition) is 6. The number of nitrogens with zero attached hydrogens (tertiary/aromatic N) is 4. The number of nitrogens with two attached hydrogens (primary N) is 1. The van der Waals surface area contributed by atoms with Crippen molar-refractivity contribution in [3.63, 3.8) is 0 Å². The number of pyridine rings is 1. The first-order chi connectivity index (χ1) is 16.5. The van der Waals surface area contributed by atoms with Gasteiger partial charge in [-0.3, -0.25) is 4.79 Å². The lowest BCUT2D eigenvalue weighted by atomic mass is 10.1. The van der Waals surface area contributed by atoms with E-state index in [4.69, 9.17) is 5.73 Å². The smallest absolute Gasteiger partial charge is 0.261 e. The number of rotatable bonds is 3. The van der Waals surface area contributed by atoms with Crippen molar-refractivity contribution in [1.29, 1.82) is 0 Å². The molecule has 2 aliphatic rings. The van der Waals surface area contributed by atoms with Gasteiger partial charge in [-0.05, 0) is 50.2 Å². The van der Waals surface area contributed by atoms with E-state index >= 15 is 0 Å². The van der Waals surface area contributed by atoms with Crippen LogP contribution in [0.2, 0.25) is 0 Å². The molecular formula is C25H28FN7O. The minimum absolute atomic E-state index is 0.226. The van der Waals surface area contributed by atoms with Crippen molar-refractivity contribution < 1.29 is 4.39 Å². The first-order valence-corrected chi connectivity index (χ1v) is 11.8. The van der Waals surface area contributed by atoms with E-state index in [0.29, 0.717) is 22.4 Å². The summed E-state index contributed by atoms with van der Waals surface area (Å²) in [6, 6.07) is 9.19. The van der Waals surface area contributed by atoms with E-state index in [0.717, 1.165) is 68.8 Å². The van der Waals surface area contributed by atoms with Crippen LogP contribution in [-0.4, -0.2) is 66.2 Å². The van der Waals surface area contributed by atoms with Gasteiger partial charge in [0.1, 0.15) is 17.2 Å². The Kier molecular flexibility index (Phi) is 4.95. The molecular weight excluding hydrogens is 433 g/mol. The van der Waals surface area contributed by atoms with Crippen LogP contribution in [-0.2, 0) is 0 Å². The Morgan fingerprint density at radius 2 is 1.71 bits per heavy atom. The summed E-state index contributed by atoms with van der Waals surface area (Å²) in [4.78, 5) is 30.5. The predicted octanol–water partition coefficient (Wildman–Crippen LogP) is 3.14. The van der Waals surface area contributed by atoms with Gasteiger partial charge in [0, 0.05) is 50.3 Å². The Labute approximate surface area is 196 Å². The van der Waals surface area contributed by atoms with Gasteiger partial charge in [0.05, 0.1) is 27.9 Å². The molecule has 2 aromatic carbocycles. The summed E-state index contributed by atoms with van der Waals surface area (Å²) in [5.74, 6) is 0.0516. The van der Waals surface area contributed by atoms with E-state index in [9.17, 15) is 9.18 Å². The number of likely N-dealkylation sites (N-methyl/N-ethyl adjacent to an activating group) is 1. The average molecular weight is 462 g/mol. The number of piperazine rings is 1. The highest BCUT2D eigenvalue weighted by Crippen LogP contribution is 2.33. The van der Waals surface area contributed by atoms with Crippen LogP contribution in [0.4, 0.5) is 21.5 Å². The van der Waals surface area contributed by atoms with E-state index in [1.54, 1.807) is 6.07 Å². The number of aromatic amines is 2. The number of benzene rings is 2. The number of hydrogen-bond donors (Lipinski definition) is 3. The maximum absolute atomic E-state index is 15.0. The lowest BCUT2D eigenvalue weighted by Gasteiger charge is -2.34. The van der Waals surface area contributed by atoms with Crippen LogP contribution < -0.4 is 21.1 Å². The molecule has 4 N–H and O–H groups in total. The topological polar surface area (TPSA) is 97.3 Å². The third kappa shape index (κ3) is 3.47.